The third-order valence-corrected chi connectivity index (χ3v) is 7.79. The number of Topliss-reactive ketones (excluding diaryl/α,β-unsaturated/α-hetero) is 1. The van der Waals surface area contributed by atoms with Crippen molar-refractivity contribution in [3.8, 4) is 0 Å². The third-order valence-electron chi connectivity index (χ3n) is 7.28. The van der Waals surface area contributed by atoms with E-state index in [4.69, 9.17) is 42.0 Å². The molecule has 2 heterocycles. The zero-order valence-corrected chi connectivity index (χ0v) is 27.5. The topological polar surface area (TPSA) is 116 Å². The molecule has 0 amide bonds. The number of carbonyl (C=O) groups excluding carboxylic acids is 1. The van der Waals surface area contributed by atoms with Crippen LogP contribution in [-0.4, -0.2) is 17.5 Å². The van der Waals surface area contributed by atoms with Crippen molar-refractivity contribution in [1.82, 2.24) is 10.9 Å². The number of hydrazine groups is 2. The van der Waals surface area contributed by atoms with Crippen LogP contribution in [0.4, 0.5) is 31.5 Å². The molecular formula is C37H28Cl2F2N6O3. The van der Waals surface area contributed by atoms with Crippen LogP contribution in [-0.2, 0) is 4.79 Å². The van der Waals surface area contributed by atoms with Gasteiger partial charge in [0.05, 0.1) is 35.3 Å². The smallest absolute Gasteiger partial charge is 0.169 e. The normalized spacial score (nSPS) is 13.0. The van der Waals surface area contributed by atoms with E-state index < -0.39 is 29.3 Å². The number of hydrogen-bond acceptors (Lipinski definition) is 7. The number of furan rings is 2. The second-order valence-corrected chi connectivity index (χ2v) is 11.6. The molecular weight excluding hydrogens is 685 g/mol. The summed E-state index contributed by atoms with van der Waals surface area (Å²) < 4.78 is 39.4. The van der Waals surface area contributed by atoms with E-state index in [0.29, 0.717) is 32.8 Å². The maximum atomic E-state index is 15.2. The number of amidine groups is 2. The first-order chi connectivity index (χ1) is 24.3. The molecule has 0 aliphatic rings. The van der Waals surface area contributed by atoms with Crippen molar-refractivity contribution in [2.24, 2.45) is 9.98 Å². The molecule has 4 aromatic carbocycles. The molecule has 0 saturated carbocycles. The number of anilines is 2. The van der Waals surface area contributed by atoms with E-state index in [9.17, 15) is 8.78 Å². The standard InChI is InChI=1S/C37H28Cl2F2N6O3/c38-23-5-13-29(14-6-23)44-46-36(42-27-17-9-25(40)10-18-27)33(31-3-1-21-49-31)35(48)34(32-4-2-22-50-32)37(43-28-19-11-26(41)12-20-28)47-45-30-15-7-24(39)8-16-30/h1-22,33-34,44-45H,(H,42,46)(H,43,47). The number of nitrogens with one attached hydrogen (secondary N) is 4. The number of ketones is 1. The van der Waals surface area contributed by atoms with Gasteiger partial charge in [-0.1, -0.05) is 23.2 Å². The molecule has 0 fully saturated rings. The zero-order valence-electron chi connectivity index (χ0n) is 26.0. The van der Waals surface area contributed by atoms with Gasteiger partial charge in [0, 0.05) is 10.0 Å². The lowest BCUT2D eigenvalue weighted by molar-refractivity contribution is -0.119. The number of aliphatic imine (C=N–C) groups is 2. The van der Waals surface area contributed by atoms with Crippen molar-refractivity contribution in [2.75, 3.05) is 10.9 Å². The van der Waals surface area contributed by atoms with Crippen molar-refractivity contribution in [2.45, 2.75) is 11.8 Å². The van der Waals surface area contributed by atoms with Gasteiger partial charge in [-0.2, -0.15) is 0 Å². The SMILES string of the molecule is O=C(C(C(=Nc1ccc(F)cc1)NNc1ccc(Cl)cc1)c1ccco1)C(C(=Nc1ccc(F)cc1)NNc1ccc(Cl)cc1)c1ccco1. The van der Waals surface area contributed by atoms with Gasteiger partial charge in [-0.3, -0.25) is 26.5 Å². The second-order valence-electron chi connectivity index (χ2n) is 10.8. The maximum absolute atomic E-state index is 15.2. The number of halogens is 4. The van der Waals surface area contributed by atoms with Gasteiger partial charge in [-0.05, 0) is 121 Å². The highest BCUT2D eigenvalue weighted by Crippen LogP contribution is 2.32. The Morgan fingerprint density at radius 2 is 0.940 bits per heavy atom. The lowest BCUT2D eigenvalue weighted by atomic mass is 9.87. The minimum Gasteiger partial charge on any atom is -0.468 e. The fraction of sp³-hybridized carbons (Fsp3) is 0.0541. The first kappa shape index (κ1) is 34.0. The summed E-state index contributed by atoms with van der Waals surface area (Å²) in [6.45, 7) is 0. The molecule has 252 valence electrons. The predicted molar refractivity (Wildman–Crippen MR) is 191 cm³/mol. The molecule has 4 N–H and O–H groups in total. The summed E-state index contributed by atoms with van der Waals surface area (Å²) in [5.74, 6) is -3.10. The van der Waals surface area contributed by atoms with Gasteiger partial charge in [0.2, 0.25) is 0 Å². The fourth-order valence-corrected chi connectivity index (χ4v) is 5.13. The molecule has 0 spiro atoms. The number of hydrogen-bond donors (Lipinski definition) is 4. The summed E-state index contributed by atoms with van der Waals surface area (Å²) in [5.41, 5.74) is 14.2. The number of rotatable bonds is 12. The van der Waals surface area contributed by atoms with Gasteiger partial charge in [-0.25, -0.2) is 18.8 Å². The summed E-state index contributed by atoms with van der Waals surface area (Å²) in [4.78, 5) is 24.6. The highest BCUT2D eigenvalue weighted by molar-refractivity contribution is 6.31. The van der Waals surface area contributed by atoms with E-state index >= 15 is 4.79 Å². The van der Waals surface area contributed by atoms with Gasteiger partial charge in [0.25, 0.3) is 0 Å². The molecule has 0 aliphatic carbocycles. The molecule has 9 nitrogen and oxygen atoms in total. The average molecular weight is 714 g/mol. The zero-order chi connectivity index (χ0) is 34.9. The Morgan fingerprint density at radius 1 is 0.560 bits per heavy atom. The van der Waals surface area contributed by atoms with Gasteiger partial charge in [0.15, 0.2) is 5.78 Å². The molecule has 0 radical (unpaired) electrons. The monoisotopic (exact) mass is 712 g/mol. The third kappa shape index (κ3) is 8.76. The molecule has 6 rings (SSSR count). The second kappa shape index (κ2) is 16.0. The van der Waals surface area contributed by atoms with Gasteiger partial charge < -0.3 is 8.83 Å². The molecule has 2 atom stereocenters. The Kier molecular flexibility index (Phi) is 10.9. The molecule has 0 saturated heterocycles. The number of nitrogens with zero attached hydrogens (tertiary/aromatic N) is 2. The van der Waals surface area contributed by atoms with Crippen LogP contribution in [0.2, 0.25) is 10.0 Å². The molecule has 50 heavy (non-hydrogen) atoms. The van der Waals surface area contributed by atoms with Crippen molar-refractivity contribution in [1.29, 1.82) is 0 Å². The van der Waals surface area contributed by atoms with Gasteiger partial charge in [0.1, 0.15) is 46.7 Å². The molecule has 2 unspecified atom stereocenters. The summed E-state index contributed by atoms with van der Waals surface area (Å²) in [6.07, 6.45) is 2.88. The predicted octanol–water partition coefficient (Wildman–Crippen LogP) is 9.59. The summed E-state index contributed by atoms with van der Waals surface area (Å²) in [5, 5.41) is 1.07. The van der Waals surface area contributed by atoms with Crippen LogP contribution in [0.5, 0.6) is 0 Å². The lowest BCUT2D eigenvalue weighted by Gasteiger charge is -2.25. The van der Waals surface area contributed by atoms with E-state index in [1.807, 2.05) is 0 Å². The van der Waals surface area contributed by atoms with Crippen molar-refractivity contribution >= 4 is 63.4 Å². The van der Waals surface area contributed by atoms with Crippen LogP contribution in [0.15, 0.2) is 153 Å². The molecule has 0 aliphatic heterocycles. The summed E-state index contributed by atoms with van der Waals surface area (Å²) in [7, 11) is 0. The van der Waals surface area contributed by atoms with Crippen LogP contribution >= 0.6 is 23.2 Å². The highest BCUT2D eigenvalue weighted by atomic mass is 35.5. The Hall–Kier alpha value is -5.91. The van der Waals surface area contributed by atoms with E-state index in [0.717, 1.165) is 0 Å². The Bertz CT molecular complexity index is 1910. The Balaban J connectivity index is 1.46. The van der Waals surface area contributed by atoms with Crippen molar-refractivity contribution in [3.63, 3.8) is 0 Å². The van der Waals surface area contributed by atoms with Crippen LogP contribution < -0.4 is 21.7 Å². The Morgan fingerprint density at radius 3 is 1.28 bits per heavy atom. The minimum atomic E-state index is -1.21. The van der Waals surface area contributed by atoms with Crippen molar-refractivity contribution in [3.05, 3.63) is 167 Å². The first-order valence-electron chi connectivity index (χ1n) is 15.2. The van der Waals surface area contributed by atoms with Crippen LogP contribution in [0.1, 0.15) is 23.4 Å². The molecule has 0 bridgehead atoms. The van der Waals surface area contributed by atoms with Crippen LogP contribution in [0.25, 0.3) is 0 Å². The molecule has 6 aromatic rings. The van der Waals surface area contributed by atoms with E-state index in [1.165, 1.54) is 61.1 Å². The highest BCUT2D eigenvalue weighted by Gasteiger charge is 2.40. The van der Waals surface area contributed by atoms with Crippen LogP contribution in [0, 0.1) is 11.6 Å². The largest absolute Gasteiger partial charge is 0.468 e. The maximum Gasteiger partial charge on any atom is 0.169 e. The fourth-order valence-electron chi connectivity index (χ4n) is 4.87. The van der Waals surface area contributed by atoms with Crippen LogP contribution in [0.3, 0.4) is 0 Å². The average Bonchev–Trinajstić information content (AvgIpc) is 3.85. The number of carbonyl (C=O) groups is 1. The summed E-state index contributed by atoms with van der Waals surface area (Å²) in [6, 6.07) is 31.3. The first-order valence-corrected chi connectivity index (χ1v) is 15.9. The summed E-state index contributed by atoms with van der Waals surface area (Å²) >= 11 is 12.2. The van der Waals surface area contributed by atoms with E-state index in [2.05, 4.69) is 21.7 Å². The minimum absolute atomic E-state index is 0.106. The van der Waals surface area contributed by atoms with Gasteiger partial charge in [-0.15, -0.1) is 0 Å². The van der Waals surface area contributed by atoms with Gasteiger partial charge >= 0.3 is 0 Å². The van der Waals surface area contributed by atoms with E-state index in [1.54, 1.807) is 72.8 Å². The van der Waals surface area contributed by atoms with E-state index in [-0.39, 0.29) is 23.2 Å². The molecule has 2 aromatic heterocycles. The Labute approximate surface area is 295 Å². The quantitative estimate of drug-likeness (QED) is 0.0567. The molecule has 13 heteroatoms. The number of benzene rings is 4. The van der Waals surface area contributed by atoms with Crippen molar-refractivity contribution < 1.29 is 22.4 Å². The lowest BCUT2D eigenvalue weighted by Crippen LogP contribution is -2.43.